The monoisotopic (exact) mass is 523 g/mol. The lowest BCUT2D eigenvalue weighted by atomic mass is 10.1. The third-order valence-electron chi connectivity index (χ3n) is 6.54. The summed E-state index contributed by atoms with van der Waals surface area (Å²) in [6.45, 7) is 4.18. The maximum absolute atomic E-state index is 14.0. The van der Waals surface area contributed by atoms with Crippen LogP contribution in [0.5, 0.6) is 5.75 Å². The molecular weight excluding hydrogens is 493 g/mol. The van der Waals surface area contributed by atoms with Crippen molar-refractivity contribution >= 4 is 10.0 Å². The molecule has 1 aliphatic rings. The molecule has 0 saturated carbocycles. The third kappa shape index (κ3) is 6.53. The van der Waals surface area contributed by atoms with Gasteiger partial charge >= 0.3 is 0 Å². The van der Waals surface area contributed by atoms with Gasteiger partial charge in [0.1, 0.15) is 11.6 Å². The van der Waals surface area contributed by atoms with E-state index in [0.29, 0.717) is 50.5 Å². The number of halogens is 1. The quantitative estimate of drug-likeness (QED) is 0.416. The van der Waals surface area contributed by atoms with E-state index in [0.717, 1.165) is 22.9 Å². The number of benzene rings is 3. The number of methoxy groups -OCH3 is 1. The Kier molecular flexibility index (Phi) is 8.56. The van der Waals surface area contributed by atoms with Gasteiger partial charge in [0, 0.05) is 32.7 Å². The van der Waals surface area contributed by atoms with E-state index in [1.807, 2.05) is 36.4 Å². The number of nitrogens with zero attached hydrogens (tertiary/aromatic N) is 3. The fourth-order valence-electron chi connectivity index (χ4n) is 4.24. The molecule has 3 aromatic carbocycles. The molecule has 1 fully saturated rings. The van der Waals surface area contributed by atoms with Gasteiger partial charge in [0.2, 0.25) is 10.0 Å². The zero-order valence-electron chi connectivity index (χ0n) is 20.9. The summed E-state index contributed by atoms with van der Waals surface area (Å²) in [6.07, 6.45) is -0.278. The van der Waals surface area contributed by atoms with Crippen molar-refractivity contribution in [3.63, 3.8) is 0 Å². The Labute approximate surface area is 217 Å². The summed E-state index contributed by atoms with van der Waals surface area (Å²) in [5.74, 6) is 0.200. The Morgan fingerprint density at radius 1 is 1.03 bits per heavy atom. The molecule has 1 atom stereocenters. The van der Waals surface area contributed by atoms with E-state index in [1.165, 1.54) is 16.4 Å². The lowest BCUT2D eigenvalue weighted by Gasteiger charge is -2.36. The van der Waals surface area contributed by atoms with E-state index < -0.39 is 15.8 Å². The Balaban J connectivity index is 1.44. The maximum Gasteiger partial charge on any atom is 0.243 e. The normalized spacial score (nSPS) is 15.7. The van der Waals surface area contributed by atoms with Gasteiger partial charge in [0.05, 0.1) is 36.3 Å². The van der Waals surface area contributed by atoms with Gasteiger partial charge in [-0.25, -0.2) is 12.8 Å². The van der Waals surface area contributed by atoms with Crippen molar-refractivity contribution in [3.05, 3.63) is 94.8 Å². The molecule has 4 rings (SSSR count). The third-order valence-corrected chi connectivity index (χ3v) is 8.43. The van der Waals surface area contributed by atoms with Gasteiger partial charge in [-0.15, -0.1) is 0 Å². The number of ether oxygens (including phenoxy) is 2. The van der Waals surface area contributed by atoms with Crippen molar-refractivity contribution in [2.75, 3.05) is 39.8 Å². The number of hydrogen-bond acceptors (Lipinski definition) is 6. The van der Waals surface area contributed by atoms with Crippen molar-refractivity contribution in [1.82, 2.24) is 9.21 Å². The predicted octanol–water partition coefficient (Wildman–Crippen LogP) is 4.28. The van der Waals surface area contributed by atoms with Crippen LogP contribution in [0.25, 0.3) is 0 Å². The fourth-order valence-corrected chi connectivity index (χ4v) is 5.67. The molecule has 7 nitrogen and oxygen atoms in total. The van der Waals surface area contributed by atoms with Crippen molar-refractivity contribution < 1.29 is 22.3 Å². The highest BCUT2D eigenvalue weighted by atomic mass is 32.2. The minimum atomic E-state index is -3.77. The number of nitriles is 1. The molecular formula is C28H30FN3O4S. The summed E-state index contributed by atoms with van der Waals surface area (Å²) < 4.78 is 53.2. The van der Waals surface area contributed by atoms with Gasteiger partial charge in [0.25, 0.3) is 0 Å². The van der Waals surface area contributed by atoms with Gasteiger partial charge in [-0.05, 0) is 60.0 Å². The van der Waals surface area contributed by atoms with Crippen molar-refractivity contribution in [3.8, 4) is 11.8 Å². The highest BCUT2D eigenvalue weighted by Gasteiger charge is 2.30. The van der Waals surface area contributed by atoms with Crippen LogP contribution in [0.4, 0.5) is 4.39 Å². The summed E-state index contributed by atoms with van der Waals surface area (Å²) >= 11 is 0. The van der Waals surface area contributed by atoms with Gasteiger partial charge in [0.15, 0.2) is 0 Å². The lowest BCUT2D eigenvalue weighted by Crippen LogP contribution is -2.49. The molecule has 37 heavy (non-hydrogen) atoms. The first-order chi connectivity index (χ1) is 17.8. The van der Waals surface area contributed by atoms with Crippen LogP contribution >= 0.6 is 0 Å². The number of aryl methyl sites for hydroxylation is 1. The molecule has 0 aliphatic carbocycles. The molecule has 0 aromatic heterocycles. The highest BCUT2D eigenvalue weighted by molar-refractivity contribution is 7.89. The van der Waals surface area contributed by atoms with E-state index in [4.69, 9.17) is 14.7 Å². The molecule has 0 amide bonds. The van der Waals surface area contributed by atoms with Crippen LogP contribution in [0.1, 0.15) is 28.4 Å². The second-order valence-electron chi connectivity index (χ2n) is 9.00. The Bertz CT molecular complexity index is 1360. The van der Waals surface area contributed by atoms with Crippen LogP contribution in [-0.4, -0.2) is 57.5 Å². The summed E-state index contributed by atoms with van der Waals surface area (Å²) in [7, 11) is -2.15. The summed E-state index contributed by atoms with van der Waals surface area (Å²) in [5.41, 5.74) is 2.91. The molecule has 1 heterocycles. The van der Waals surface area contributed by atoms with Crippen LogP contribution in [0.2, 0.25) is 0 Å². The fraction of sp³-hybridized carbons (Fsp3) is 0.321. The number of piperazine rings is 1. The molecule has 0 bridgehead atoms. The predicted molar refractivity (Wildman–Crippen MR) is 138 cm³/mol. The van der Waals surface area contributed by atoms with Crippen molar-refractivity contribution in [1.29, 1.82) is 5.26 Å². The van der Waals surface area contributed by atoms with Crippen LogP contribution in [0, 0.1) is 24.1 Å². The van der Waals surface area contributed by atoms with Crippen LogP contribution in [0.15, 0.2) is 71.6 Å². The van der Waals surface area contributed by atoms with E-state index in [9.17, 15) is 12.8 Å². The highest BCUT2D eigenvalue weighted by Crippen LogP contribution is 2.26. The Hall–Kier alpha value is -3.29. The first-order valence-corrected chi connectivity index (χ1v) is 13.5. The minimum Gasteiger partial charge on any atom is -0.497 e. The first kappa shape index (κ1) is 26.8. The van der Waals surface area contributed by atoms with Gasteiger partial charge in [-0.3, -0.25) is 4.90 Å². The topological polar surface area (TPSA) is 82.9 Å². The first-order valence-electron chi connectivity index (χ1n) is 12.0. The van der Waals surface area contributed by atoms with Crippen LogP contribution in [-0.2, 0) is 21.4 Å². The molecule has 0 radical (unpaired) electrons. The smallest absolute Gasteiger partial charge is 0.243 e. The van der Waals surface area contributed by atoms with Gasteiger partial charge in [-0.1, -0.05) is 30.3 Å². The minimum absolute atomic E-state index is 0.0240. The van der Waals surface area contributed by atoms with Crippen LogP contribution < -0.4 is 4.74 Å². The Morgan fingerprint density at radius 3 is 2.41 bits per heavy atom. The zero-order chi connectivity index (χ0) is 26.4. The SMILES string of the molecule is COc1cccc(C(CN2CCN(S(=O)(=O)c3ccc(C)c(F)c3)CC2)OCc2ccc(C#N)cc2)c1. The van der Waals surface area contributed by atoms with E-state index in [-0.39, 0.29) is 11.0 Å². The molecule has 194 valence electrons. The summed E-state index contributed by atoms with van der Waals surface area (Å²) in [5, 5.41) is 9.03. The molecule has 1 saturated heterocycles. The van der Waals surface area contributed by atoms with Crippen LogP contribution in [0.3, 0.4) is 0 Å². The van der Waals surface area contributed by atoms with E-state index in [2.05, 4.69) is 11.0 Å². The second kappa shape index (κ2) is 11.8. The van der Waals surface area contributed by atoms with Crippen molar-refractivity contribution in [2.24, 2.45) is 0 Å². The number of rotatable bonds is 9. The Morgan fingerprint density at radius 2 is 1.76 bits per heavy atom. The zero-order valence-corrected chi connectivity index (χ0v) is 21.7. The maximum atomic E-state index is 14.0. The second-order valence-corrected chi connectivity index (χ2v) is 10.9. The number of hydrogen-bond donors (Lipinski definition) is 0. The molecule has 1 aliphatic heterocycles. The summed E-state index contributed by atoms with van der Waals surface area (Å²) in [6, 6.07) is 21.1. The van der Waals surface area contributed by atoms with Crippen molar-refractivity contribution in [2.45, 2.75) is 24.5 Å². The average Bonchev–Trinajstić information content (AvgIpc) is 2.93. The lowest BCUT2D eigenvalue weighted by molar-refractivity contribution is 0.00763. The molecule has 1 unspecified atom stereocenters. The van der Waals surface area contributed by atoms with Gasteiger partial charge in [-0.2, -0.15) is 9.57 Å². The molecule has 0 N–H and O–H groups in total. The van der Waals surface area contributed by atoms with E-state index in [1.54, 1.807) is 26.2 Å². The standard InChI is InChI=1S/C28H30FN3O4S/c1-21-6-11-26(17-27(21)29)37(33,34)32-14-12-31(13-15-32)19-28(24-4-3-5-25(16-24)35-2)36-20-23-9-7-22(18-30)8-10-23/h3-11,16-17,28H,12-15,19-20H2,1-2H3. The molecule has 9 heteroatoms. The molecule has 3 aromatic rings. The van der Waals surface area contributed by atoms with E-state index >= 15 is 0 Å². The average molecular weight is 524 g/mol. The molecule has 0 spiro atoms. The largest absolute Gasteiger partial charge is 0.497 e. The number of sulfonamides is 1. The van der Waals surface area contributed by atoms with Gasteiger partial charge < -0.3 is 9.47 Å². The summed E-state index contributed by atoms with van der Waals surface area (Å²) in [4.78, 5) is 2.15.